The summed E-state index contributed by atoms with van der Waals surface area (Å²) in [5.41, 5.74) is 2.83. The fourth-order valence-corrected chi connectivity index (χ4v) is 2.50. The third-order valence-corrected chi connectivity index (χ3v) is 3.45. The first kappa shape index (κ1) is 14.6. The molecule has 0 bridgehead atoms. The van der Waals surface area contributed by atoms with Crippen LogP contribution in [0.25, 0.3) is 10.9 Å². The zero-order chi connectivity index (χ0) is 14.9. The molecule has 0 unspecified atom stereocenters. The van der Waals surface area contributed by atoms with E-state index in [0.29, 0.717) is 6.54 Å². The van der Waals surface area contributed by atoms with Crippen LogP contribution in [-0.2, 0) is 7.05 Å². The molecule has 2 rings (SSSR count). The summed E-state index contributed by atoms with van der Waals surface area (Å²) in [4.78, 5) is 12.3. The van der Waals surface area contributed by atoms with Gasteiger partial charge in [0.05, 0.1) is 12.6 Å². The monoisotopic (exact) mass is 274 g/mol. The second-order valence-corrected chi connectivity index (χ2v) is 5.32. The molecule has 4 heteroatoms. The molecule has 20 heavy (non-hydrogen) atoms. The van der Waals surface area contributed by atoms with Crippen molar-refractivity contribution in [2.45, 2.75) is 26.9 Å². The number of hydrogen-bond donors (Lipinski definition) is 1. The number of benzene rings is 1. The van der Waals surface area contributed by atoms with Gasteiger partial charge in [0.25, 0.3) is 0 Å². The summed E-state index contributed by atoms with van der Waals surface area (Å²) in [6.45, 7) is 6.31. The normalized spacial score (nSPS) is 11.3. The molecule has 0 aliphatic heterocycles. The van der Waals surface area contributed by atoms with Crippen molar-refractivity contribution >= 4 is 16.7 Å². The lowest BCUT2D eigenvalue weighted by molar-refractivity contribution is 0.0994. The van der Waals surface area contributed by atoms with Gasteiger partial charge < -0.3 is 14.6 Å². The van der Waals surface area contributed by atoms with E-state index >= 15 is 0 Å². The Morgan fingerprint density at radius 1 is 1.40 bits per heavy atom. The molecule has 1 aromatic heterocycles. The summed E-state index contributed by atoms with van der Waals surface area (Å²) in [6.07, 6.45) is 0.119. The number of carbonyl (C=O) groups excluding carboxylic acids is 1. The molecule has 1 N–H and O–H groups in total. The lowest BCUT2D eigenvalue weighted by Gasteiger charge is -2.10. The minimum Gasteiger partial charge on any atom is -0.491 e. The highest BCUT2D eigenvalue weighted by Gasteiger charge is 2.18. The number of carbonyl (C=O) groups is 1. The molecule has 0 aliphatic rings. The van der Waals surface area contributed by atoms with Crippen molar-refractivity contribution in [2.75, 3.05) is 13.6 Å². The van der Waals surface area contributed by atoms with Crippen molar-refractivity contribution in [3.05, 3.63) is 29.5 Å². The topological polar surface area (TPSA) is 43.3 Å². The van der Waals surface area contributed by atoms with E-state index in [9.17, 15) is 4.79 Å². The number of Topliss-reactive ketones (excluding diaryl/α,β-unsaturated/α-hetero) is 1. The molecule has 0 amide bonds. The Balaban J connectivity index is 2.59. The lowest BCUT2D eigenvalue weighted by atomic mass is 10.1. The Labute approximate surface area is 119 Å². The fourth-order valence-electron chi connectivity index (χ4n) is 2.50. The van der Waals surface area contributed by atoms with Gasteiger partial charge in [-0.1, -0.05) is 0 Å². The van der Waals surface area contributed by atoms with Crippen molar-refractivity contribution < 1.29 is 9.53 Å². The first-order chi connectivity index (χ1) is 9.45. The first-order valence-electron chi connectivity index (χ1n) is 6.89. The summed E-state index contributed by atoms with van der Waals surface area (Å²) in [7, 11) is 3.77. The van der Waals surface area contributed by atoms with E-state index in [1.165, 1.54) is 0 Å². The van der Waals surface area contributed by atoms with Crippen LogP contribution in [0.5, 0.6) is 5.75 Å². The molecule has 0 saturated carbocycles. The molecule has 0 spiro atoms. The predicted molar refractivity (Wildman–Crippen MR) is 81.7 cm³/mol. The van der Waals surface area contributed by atoms with Crippen molar-refractivity contribution in [3.63, 3.8) is 0 Å². The van der Waals surface area contributed by atoms with Crippen molar-refractivity contribution in [1.29, 1.82) is 0 Å². The van der Waals surface area contributed by atoms with E-state index in [2.05, 4.69) is 9.88 Å². The quantitative estimate of drug-likeness (QED) is 0.852. The van der Waals surface area contributed by atoms with Gasteiger partial charge in [-0.05, 0) is 46.0 Å². The standard InChI is InChI=1S/C16H22N2O2/c1-10(2)20-12-6-7-14-13(8-12)16(11(3)18(14)5)15(19)9-17-4/h6-8,10,17H,9H2,1-5H3. The van der Waals surface area contributed by atoms with Crippen molar-refractivity contribution in [1.82, 2.24) is 9.88 Å². The zero-order valence-electron chi connectivity index (χ0n) is 12.8. The Hall–Kier alpha value is -1.81. The smallest absolute Gasteiger partial charge is 0.179 e. The average Bonchev–Trinajstić information content (AvgIpc) is 2.61. The Morgan fingerprint density at radius 2 is 2.10 bits per heavy atom. The van der Waals surface area contributed by atoms with Gasteiger partial charge in [-0.15, -0.1) is 0 Å². The maximum Gasteiger partial charge on any atom is 0.179 e. The highest BCUT2D eigenvalue weighted by molar-refractivity contribution is 6.10. The summed E-state index contributed by atoms with van der Waals surface area (Å²) in [5, 5.41) is 3.89. The SMILES string of the molecule is CNCC(=O)c1c(C)n(C)c2ccc(OC(C)C)cc12. The van der Waals surface area contributed by atoms with Crippen LogP contribution < -0.4 is 10.1 Å². The van der Waals surface area contributed by atoms with Gasteiger partial charge in [0, 0.05) is 29.2 Å². The molecule has 0 atom stereocenters. The highest BCUT2D eigenvalue weighted by Crippen LogP contribution is 2.29. The number of likely N-dealkylation sites (N-methyl/N-ethyl adjacent to an activating group) is 1. The maximum absolute atomic E-state index is 12.3. The molecule has 0 fully saturated rings. The summed E-state index contributed by atoms with van der Waals surface area (Å²) in [6, 6.07) is 5.93. The third-order valence-electron chi connectivity index (χ3n) is 3.45. The number of ketones is 1. The highest BCUT2D eigenvalue weighted by atomic mass is 16.5. The van der Waals surface area contributed by atoms with E-state index in [-0.39, 0.29) is 11.9 Å². The fraction of sp³-hybridized carbons (Fsp3) is 0.438. The molecular weight excluding hydrogens is 252 g/mol. The molecule has 0 aliphatic carbocycles. The van der Waals surface area contributed by atoms with Gasteiger partial charge in [-0.2, -0.15) is 0 Å². The molecule has 0 saturated heterocycles. The number of fused-ring (bicyclic) bond motifs is 1. The number of aryl methyl sites for hydroxylation is 1. The number of hydrogen-bond acceptors (Lipinski definition) is 3. The van der Waals surface area contributed by atoms with E-state index in [1.54, 1.807) is 7.05 Å². The number of nitrogens with zero attached hydrogens (tertiary/aromatic N) is 1. The summed E-state index contributed by atoms with van der Waals surface area (Å²) < 4.78 is 7.78. The van der Waals surface area contributed by atoms with Crippen LogP contribution >= 0.6 is 0 Å². The number of nitrogens with one attached hydrogen (secondary N) is 1. The molecule has 108 valence electrons. The van der Waals surface area contributed by atoms with Gasteiger partial charge in [-0.25, -0.2) is 0 Å². The van der Waals surface area contributed by atoms with E-state index < -0.39 is 0 Å². The molecular formula is C16H22N2O2. The van der Waals surface area contributed by atoms with Crippen LogP contribution in [0.1, 0.15) is 29.9 Å². The van der Waals surface area contributed by atoms with E-state index in [0.717, 1.165) is 27.9 Å². The number of aromatic nitrogens is 1. The number of ether oxygens (including phenoxy) is 1. The number of rotatable bonds is 5. The summed E-state index contributed by atoms with van der Waals surface area (Å²) >= 11 is 0. The van der Waals surface area contributed by atoms with E-state index in [1.807, 2.05) is 46.0 Å². The minimum absolute atomic E-state index is 0.109. The van der Waals surface area contributed by atoms with E-state index in [4.69, 9.17) is 4.74 Å². The average molecular weight is 274 g/mol. The molecule has 1 heterocycles. The molecule has 4 nitrogen and oxygen atoms in total. The van der Waals surface area contributed by atoms with Crippen LogP contribution in [0.2, 0.25) is 0 Å². The van der Waals surface area contributed by atoms with Crippen LogP contribution in [0.3, 0.4) is 0 Å². The lowest BCUT2D eigenvalue weighted by Crippen LogP contribution is -2.19. The molecule has 1 aromatic carbocycles. The third kappa shape index (κ3) is 2.56. The van der Waals surface area contributed by atoms with Gasteiger partial charge >= 0.3 is 0 Å². The van der Waals surface area contributed by atoms with Crippen molar-refractivity contribution in [3.8, 4) is 5.75 Å². The largest absolute Gasteiger partial charge is 0.491 e. The van der Waals surface area contributed by atoms with Crippen LogP contribution in [0, 0.1) is 6.92 Å². The second-order valence-electron chi connectivity index (χ2n) is 5.32. The Morgan fingerprint density at radius 3 is 2.70 bits per heavy atom. The van der Waals surface area contributed by atoms with Gasteiger partial charge in [0.1, 0.15) is 5.75 Å². The zero-order valence-corrected chi connectivity index (χ0v) is 12.8. The first-order valence-corrected chi connectivity index (χ1v) is 6.89. The Kier molecular flexibility index (Phi) is 4.14. The maximum atomic E-state index is 12.3. The van der Waals surface area contributed by atoms with Gasteiger partial charge in [-0.3, -0.25) is 4.79 Å². The van der Waals surface area contributed by atoms with Crippen molar-refractivity contribution in [2.24, 2.45) is 7.05 Å². The van der Waals surface area contributed by atoms with Gasteiger partial charge in [0.15, 0.2) is 5.78 Å². The minimum atomic E-state index is 0.109. The predicted octanol–water partition coefficient (Wildman–Crippen LogP) is 2.68. The molecule has 2 aromatic rings. The van der Waals surface area contributed by atoms with Crippen LogP contribution in [-0.4, -0.2) is 30.0 Å². The summed E-state index contributed by atoms with van der Waals surface area (Å²) in [5.74, 6) is 0.911. The van der Waals surface area contributed by atoms with Gasteiger partial charge in [0.2, 0.25) is 0 Å². The molecule has 0 radical (unpaired) electrons. The van der Waals surface area contributed by atoms with Crippen LogP contribution in [0.15, 0.2) is 18.2 Å². The Bertz CT molecular complexity index is 641. The van der Waals surface area contributed by atoms with Crippen LogP contribution in [0.4, 0.5) is 0 Å². The second kappa shape index (κ2) is 5.67.